The molecule has 5 nitrogen and oxygen atoms in total. The smallest absolute Gasteiger partial charge is 0.225 e. The van der Waals surface area contributed by atoms with E-state index in [0.29, 0.717) is 5.82 Å². The molecule has 5 heteroatoms. The minimum Gasteiger partial charge on any atom is -0.368 e. The van der Waals surface area contributed by atoms with Crippen LogP contribution in [-0.4, -0.2) is 15.0 Å². The molecule has 0 radical (unpaired) electrons. The second-order valence-corrected chi connectivity index (χ2v) is 4.32. The van der Waals surface area contributed by atoms with Crippen LogP contribution in [0.2, 0.25) is 0 Å². The van der Waals surface area contributed by atoms with Gasteiger partial charge >= 0.3 is 0 Å². The van der Waals surface area contributed by atoms with E-state index in [9.17, 15) is 0 Å². The average molecular weight is 263 g/mol. The molecule has 0 saturated carbocycles. The minimum atomic E-state index is 0.125. The summed E-state index contributed by atoms with van der Waals surface area (Å²) in [6, 6.07) is 18.1. The van der Waals surface area contributed by atoms with Gasteiger partial charge in [-0.1, -0.05) is 54.6 Å². The lowest BCUT2D eigenvalue weighted by atomic mass is 10.0. The van der Waals surface area contributed by atoms with Crippen LogP contribution in [-0.2, 0) is 0 Å². The van der Waals surface area contributed by atoms with Crippen LogP contribution < -0.4 is 11.5 Å². The Hall–Kier alpha value is -2.95. The van der Waals surface area contributed by atoms with Crippen molar-refractivity contribution < 1.29 is 0 Å². The van der Waals surface area contributed by atoms with Gasteiger partial charge in [-0.25, -0.2) is 0 Å². The van der Waals surface area contributed by atoms with E-state index in [1.165, 1.54) is 0 Å². The second-order valence-electron chi connectivity index (χ2n) is 4.32. The first-order valence-corrected chi connectivity index (χ1v) is 6.15. The summed E-state index contributed by atoms with van der Waals surface area (Å²) in [4.78, 5) is 11.9. The van der Waals surface area contributed by atoms with Gasteiger partial charge in [0.25, 0.3) is 0 Å². The van der Waals surface area contributed by atoms with Crippen LogP contribution in [0.15, 0.2) is 54.6 Å². The third-order valence-corrected chi connectivity index (χ3v) is 2.92. The molecule has 0 bridgehead atoms. The van der Waals surface area contributed by atoms with Crippen molar-refractivity contribution in [2.75, 3.05) is 11.5 Å². The number of nitrogen functional groups attached to an aromatic ring is 2. The van der Waals surface area contributed by atoms with Gasteiger partial charge in [0.15, 0.2) is 5.82 Å². The molecular formula is C15H13N5. The summed E-state index contributed by atoms with van der Waals surface area (Å²) >= 11 is 0. The predicted molar refractivity (Wildman–Crippen MR) is 79.5 cm³/mol. The lowest BCUT2D eigenvalue weighted by Gasteiger charge is -2.04. The Morgan fingerprint density at radius 1 is 0.550 bits per heavy atom. The summed E-state index contributed by atoms with van der Waals surface area (Å²) in [6.07, 6.45) is 0. The van der Waals surface area contributed by atoms with Crippen molar-refractivity contribution in [1.29, 1.82) is 0 Å². The number of anilines is 2. The van der Waals surface area contributed by atoms with Gasteiger partial charge in [0.05, 0.1) is 0 Å². The number of rotatable bonds is 2. The molecule has 3 aromatic rings. The maximum Gasteiger partial charge on any atom is 0.225 e. The minimum absolute atomic E-state index is 0.125. The van der Waals surface area contributed by atoms with Crippen molar-refractivity contribution in [3.05, 3.63) is 54.6 Å². The molecule has 0 aliphatic heterocycles. The Bertz CT molecular complexity index is 703. The third-order valence-electron chi connectivity index (χ3n) is 2.92. The molecule has 0 aliphatic carbocycles. The van der Waals surface area contributed by atoms with Crippen LogP contribution in [0.25, 0.3) is 22.5 Å². The highest BCUT2D eigenvalue weighted by Crippen LogP contribution is 2.23. The Morgan fingerprint density at radius 3 is 1.65 bits per heavy atom. The maximum absolute atomic E-state index is 5.58. The van der Waals surface area contributed by atoms with Gasteiger partial charge in [-0.05, 0) is 11.1 Å². The van der Waals surface area contributed by atoms with E-state index in [1.54, 1.807) is 0 Å². The van der Waals surface area contributed by atoms with E-state index >= 15 is 0 Å². The third kappa shape index (κ3) is 2.42. The first-order chi connectivity index (χ1) is 9.72. The van der Waals surface area contributed by atoms with E-state index in [0.717, 1.165) is 16.7 Å². The molecule has 0 fully saturated rings. The van der Waals surface area contributed by atoms with E-state index in [-0.39, 0.29) is 11.9 Å². The maximum atomic E-state index is 5.58. The standard InChI is InChI=1S/C15H13N5/c16-14-18-13(19-15(17)20-14)12-8-6-11(7-9-12)10-4-2-1-3-5-10/h1-9H,(H4,16,17,18,19,20). The van der Waals surface area contributed by atoms with Crippen molar-refractivity contribution in [3.8, 4) is 22.5 Å². The molecule has 1 heterocycles. The van der Waals surface area contributed by atoms with Crippen LogP contribution in [0.4, 0.5) is 11.9 Å². The summed E-state index contributed by atoms with van der Waals surface area (Å²) < 4.78 is 0. The lowest BCUT2D eigenvalue weighted by Crippen LogP contribution is -2.04. The van der Waals surface area contributed by atoms with Gasteiger partial charge in [-0.3, -0.25) is 0 Å². The molecule has 0 aliphatic rings. The quantitative estimate of drug-likeness (QED) is 0.740. The highest BCUT2D eigenvalue weighted by molar-refractivity contribution is 5.68. The van der Waals surface area contributed by atoms with Crippen LogP contribution in [0.1, 0.15) is 0 Å². The van der Waals surface area contributed by atoms with Crippen molar-refractivity contribution in [2.24, 2.45) is 0 Å². The SMILES string of the molecule is Nc1nc(N)nc(-c2ccc(-c3ccccc3)cc2)n1. The highest BCUT2D eigenvalue weighted by Gasteiger charge is 2.05. The summed E-state index contributed by atoms with van der Waals surface area (Å²) in [6.45, 7) is 0. The summed E-state index contributed by atoms with van der Waals surface area (Å²) in [7, 11) is 0. The highest BCUT2D eigenvalue weighted by atomic mass is 15.1. The zero-order valence-corrected chi connectivity index (χ0v) is 10.7. The fourth-order valence-corrected chi connectivity index (χ4v) is 1.98. The largest absolute Gasteiger partial charge is 0.368 e. The van der Waals surface area contributed by atoms with Crippen LogP contribution in [0, 0.1) is 0 Å². The van der Waals surface area contributed by atoms with E-state index in [1.807, 2.05) is 42.5 Å². The number of hydrogen-bond donors (Lipinski definition) is 2. The van der Waals surface area contributed by atoms with Gasteiger partial charge in [-0.2, -0.15) is 15.0 Å². The fourth-order valence-electron chi connectivity index (χ4n) is 1.98. The van der Waals surface area contributed by atoms with E-state index in [2.05, 4.69) is 27.1 Å². The fraction of sp³-hybridized carbons (Fsp3) is 0. The van der Waals surface area contributed by atoms with Gasteiger partial charge in [0.1, 0.15) is 0 Å². The van der Waals surface area contributed by atoms with Crippen LogP contribution in [0.5, 0.6) is 0 Å². The molecule has 20 heavy (non-hydrogen) atoms. The molecule has 0 amide bonds. The molecule has 98 valence electrons. The molecule has 2 aromatic carbocycles. The van der Waals surface area contributed by atoms with E-state index < -0.39 is 0 Å². The lowest BCUT2D eigenvalue weighted by molar-refractivity contribution is 1.09. The monoisotopic (exact) mass is 263 g/mol. The zero-order chi connectivity index (χ0) is 13.9. The zero-order valence-electron chi connectivity index (χ0n) is 10.7. The van der Waals surface area contributed by atoms with Crippen LogP contribution >= 0.6 is 0 Å². The first-order valence-electron chi connectivity index (χ1n) is 6.15. The number of nitrogens with zero attached hydrogens (tertiary/aromatic N) is 3. The Morgan fingerprint density at radius 2 is 1.05 bits per heavy atom. The van der Waals surface area contributed by atoms with Crippen LogP contribution in [0.3, 0.4) is 0 Å². The summed E-state index contributed by atoms with van der Waals surface area (Å²) in [5.41, 5.74) is 14.3. The number of benzene rings is 2. The number of hydrogen-bond acceptors (Lipinski definition) is 5. The molecule has 1 aromatic heterocycles. The number of nitrogens with two attached hydrogens (primary N) is 2. The summed E-state index contributed by atoms with van der Waals surface area (Å²) in [5.74, 6) is 0.730. The normalized spacial score (nSPS) is 10.4. The summed E-state index contributed by atoms with van der Waals surface area (Å²) in [5, 5.41) is 0. The van der Waals surface area contributed by atoms with Crippen molar-refractivity contribution in [1.82, 2.24) is 15.0 Å². The molecule has 0 unspecified atom stereocenters. The second kappa shape index (κ2) is 4.97. The van der Waals surface area contributed by atoms with Crippen molar-refractivity contribution >= 4 is 11.9 Å². The molecule has 0 spiro atoms. The average Bonchev–Trinajstić information content (AvgIpc) is 2.47. The van der Waals surface area contributed by atoms with Gasteiger partial charge in [-0.15, -0.1) is 0 Å². The number of aromatic nitrogens is 3. The molecule has 0 saturated heterocycles. The van der Waals surface area contributed by atoms with Gasteiger partial charge in [0, 0.05) is 5.56 Å². The Labute approximate surface area is 116 Å². The van der Waals surface area contributed by atoms with Gasteiger partial charge < -0.3 is 11.5 Å². The first kappa shape index (κ1) is 12.1. The van der Waals surface area contributed by atoms with E-state index in [4.69, 9.17) is 11.5 Å². The predicted octanol–water partition coefficient (Wildman–Crippen LogP) is 2.37. The molecule has 3 rings (SSSR count). The van der Waals surface area contributed by atoms with Crippen molar-refractivity contribution in [3.63, 3.8) is 0 Å². The van der Waals surface area contributed by atoms with Gasteiger partial charge in [0.2, 0.25) is 11.9 Å². The van der Waals surface area contributed by atoms with Crippen molar-refractivity contribution in [2.45, 2.75) is 0 Å². The topological polar surface area (TPSA) is 90.7 Å². The Kier molecular flexibility index (Phi) is 3.01. The molecular weight excluding hydrogens is 250 g/mol. The molecule has 0 atom stereocenters. The molecule has 4 N–H and O–H groups in total. The Balaban J connectivity index is 1.97.